The molecule has 0 amide bonds. The van der Waals surface area contributed by atoms with Crippen LogP contribution >= 0.6 is 0 Å². The largest absolute Gasteiger partial charge is 0.355 e. The van der Waals surface area contributed by atoms with Crippen LogP contribution in [0.5, 0.6) is 0 Å². The molecule has 2 heteroatoms. The first-order valence-corrected chi connectivity index (χ1v) is 10.3. The van der Waals surface area contributed by atoms with Gasteiger partial charge in [0.05, 0.1) is 0 Å². The lowest BCUT2D eigenvalue weighted by molar-refractivity contribution is 1.54. The van der Waals surface area contributed by atoms with Crippen LogP contribution in [0.2, 0.25) is 0 Å². The van der Waals surface area contributed by atoms with E-state index >= 15 is 0 Å². The van der Waals surface area contributed by atoms with Crippen LogP contribution in [0.3, 0.4) is 0 Å². The number of aromatic amines is 2. The monoisotopic (exact) mass is 382 g/mol. The van der Waals surface area contributed by atoms with Crippen molar-refractivity contribution in [2.75, 3.05) is 0 Å². The van der Waals surface area contributed by atoms with Gasteiger partial charge in [0.15, 0.2) is 0 Å². The van der Waals surface area contributed by atoms with E-state index in [-0.39, 0.29) is 0 Å². The summed E-state index contributed by atoms with van der Waals surface area (Å²) >= 11 is 0. The highest BCUT2D eigenvalue weighted by Gasteiger charge is 2.10. The minimum absolute atomic E-state index is 1.18. The SMILES string of the molecule is c1ccc2c(c1)ccc1[nH]c3cc(-c4ccc5[nH]c6ccccc6c5c4)ccc3c12. The molecule has 0 unspecified atom stereocenters. The summed E-state index contributed by atoms with van der Waals surface area (Å²) in [5.41, 5.74) is 7.19. The number of aromatic nitrogens is 2. The van der Waals surface area contributed by atoms with E-state index < -0.39 is 0 Å². The predicted molar refractivity (Wildman–Crippen MR) is 128 cm³/mol. The topological polar surface area (TPSA) is 31.6 Å². The lowest BCUT2D eigenvalue weighted by atomic mass is 10.00. The summed E-state index contributed by atoms with van der Waals surface area (Å²) in [6, 6.07) is 35.0. The van der Waals surface area contributed by atoms with E-state index in [0.29, 0.717) is 0 Å². The van der Waals surface area contributed by atoms with Crippen molar-refractivity contribution in [1.82, 2.24) is 9.97 Å². The Morgan fingerprint density at radius 3 is 2.07 bits per heavy atom. The molecule has 0 spiro atoms. The molecule has 140 valence electrons. The number of hydrogen-bond donors (Lipinski definition) is 2. The molecule has 7 rings (SSSR count). The second-order valence-corrected chi connectivity index (χ2v) is 8.03. The molecule has 0 atom stereocenters. The van der Waals surface area contributed by atoms with Crippen molar-refractivity contribution in [2.45, 2.75) is 0 Å². The van der Waals surface area contributed by atoms with Crippen molar-refractivity contribution in [2.24, 2.45) is 0 Å². The highest BCUT2D eigenvalue weighted by Crippen LogP contribution is 2.35. The van der Waals surface area contributed by atoms with Crippen molar-refractivity contribution < 1.29 is 0 Å². The quantitative estimate of drug-likeness (QED) is 0.290. The summed E-state index contributed by atoms with van der Waals surface area (Å²) in [4.78, 5) is 7.15. The summed E-state index contributed by atoms with van der Waals surface area (Å²) in [6.45, 7) is 0. The zero-order valence-corrected chi connectivity index (χ0v) is 16.2. The molecule has 0 fully saturated rings. The van der Waals surface area contributed by atoms with Crippen LogP contribution in [-0.4, -0.2) is 9.97 Å². The van der Waals surface area contributed by atoms with Crippen LogP contribution < -0.4 is 0 Å². The summed E-state index contributed by atoms with van der Waals surface area (Å²) in [6.07, 6.45) is 0. The zero-order chi connectivity index (χ0) is 19.7. The molecule has 0 aliphatic carbocycles. The van der Waals surface area contributed by atoms with Crippen LogP contribution in [0.15, 0.2) is 97.1 Å². The smallest absolute Gasteiger partial charge is 0.0471 e. The third-order valence-corrected chi connectivity index (χ3v) is 6.33. The van der Waals surface area contributed by atoms with E-state index in [1.165, 1.54) is 65.5 Å². The molecule has 5 aromatic carbocycles. The maximum absolute atomic E-state index is 3.64. The second-order valence-electron chi connectivity index (χ2n) is 8.03. The number of nitrogens with one attached hydrogen (secondary N) is 2. The molecule has 2 heterocycles. The first kappa shape index (κ1) is 15.8. The van der Waals surface area contributed by atoms with E-state index in [1.807, 2.05) is 0 Å². The summed E-state index contributed by atoms with van der Waals surface area (Å²) in [5.74, 6) is 0. The Labute approximate surface area is 172 Å². The van der Waals surface area contributed by atoms with Crippen molar-refractivity contribution in [3.63, 3.8) is 0 Å². The van der Waals surface area contributed by atoms with Gasteiger partial charge in [0, 0.05) is 43.6 Å². The van der Waals surface area contributed by atoms with Crippen molar-refractivity contribution in [1.29, 1.82) is 0 Å². The van der Waals surface area contributed by atoms with Gasteiger partial charge >= 0.3 is 0 Å². The third kappa shape index (κ3) is 2.13. The summed E-state index contributed by atoms with van der Waals surface area (Å²) < 4.78 is 0. The van der Waals surface area contributed by atoms with Crippen LogP contribution in [-0.2, 0) is 0 Å². The van der Waals surface area contributed by atoms with Gasteiger partial charge in [-0.05, 0) is 52.2 Å². The number of H-pyrrole nitrogens is 2. The van der Waals surface area contributed by atoms with Crippen molar-refractivity contribution in [3.05, 3.63) is 97.1 Å². The number of fused-ring (bicyclic) bond motifs is 8. The summed E-state index contributed by atoms with van der Waals surface area (Å²) in [7, 11) is 0. The second kappa shape index (κ2) is 5.74. The van der Waals surface area contributed by atoms with E-state index in [4.69, 9.17) is 0 Å². The highest BCUT2D eigenvalue weighted by atomic mass is 14.7. The number of rotatable bonds is 1. The molecule has 0 saturated carbocycles. The van der Waals surface area contributed by atoms with Crippen LogP contribution in [0, 0.1) is 0 Å². The van der Waals surface area contributed by atoms with Gasteiger partial charge in [-0.2, -0.15) is 0 Å². The van der Waals surface area contributed by atoms with Gasteiger partial charge in [-0.3, -0.25) is 0 Å². The molecule has 0 aliphatic heterocycles. The number of hydrogen-bond acceptors (Lipinski definition) is 0. The molecule has 30 heavy (non-hydrogen) atoms. The normalized spacial score (nSPS) is 12.0. The van der Waals surface area contributed by atoms with Gasteiger partial charge in [-0.1, -0.05) is 66.7 Å². The van der Waals surface area contributed by atoms with Gasteiger partial charge in [-0.15, -0.1) is 0 Å². The Morgan fingerprint density at radius 1 is 0.400 bits per heavy atom. The Bertz CT molecular complexity index is 1750. The van der Waals surface area contributed by atoms with Crippen LogP contribution in [0.1, 0.15) is 0 Å². The molecule has 2 N–H and O–H groups in total. The Morgan fingerprint density at radius 2 is 1.10 bits per heavy atom. The van der Waals surface area contributed by atoms with E-state index in [9.17, 15) is 0 Å². The Hall–Kier alpha value is -4.04. The van der Waals surface area contributed by atoms with Crippen LogP contribution in [0.4, 0.5) is 0 Å². The molecule has 0 radical (unpaired) electrons. The van der Waals surface area contributed by atoms with E-state index in [2.05, 4.69) is 107 Å². The first-order chi connectivity index (χ1) is 14.8. The molecule has 0 bridgehead atoms. The van der Waals surface area contributed by atoms with Gasteiger partial charge < -0.3 is 9.97 Å². The number of benzene rings is 5. The minimum Gasteiger partial charge on any atom is -0.355 e. The van der Waals surface area contributed by atoms with Crippen LogP contribution in [0.25, 0.3) is 65.5 Å². The standard InChI is InChI=1S/C28H18N2/c1-2-6-20-17(5-1)10-14-26-28(20)22-12-9-19(16-27(22)30-26)18-11-13-25-23(15-18)21-7-3-4-8-24(21)29-25/h1-16,29-30H. The summed E-state index contributed by atoms with van der Waals surface area (Å²) in [5, 5.41) is 7.70. The average Bonchev–Trinajstić information content (AvgIpc) is 3.36. The fraction of sp³-hybridized carbons (Fsp3) is 0. The molecule has 0 saturated heterocycles. The fourth-order valence-corrected chi connectivity index (χ4v) is 4.88. The maximum Gasteiger partial charge on any atom is 0.0471 e. The van der Waals surface area contributed by atoms with Gasteiger partial charge in [0.2, 0.25) is 0 Å². The van der Waals surface area contributed by atoms with Gasteiger partial charge in [0.25, 0.3) is 0 Å². The van der Waals surface area contributed by atoms with Gasteiger partial charge in [-0.25, -0.2) is 0 Å². The molecule has 2 aromatic heterocycles. The fourth-order valence-electron chi connectivity index (χ4n) is 4.88. The molecular formula is C28H18N2. The molecule has 2 nitrogen and oxygen atoms in total. The first-order valence-electron chi connectivity index (χ1n) is 10.3. The highest BCUT2D eigenvalue weighted by molar-refractivity contribution is 6.20. The maximum atomic E-state index is 3.64. The lowest BCUT2D eigenvalue weighted by Crippen LogP contribution is -1.79. The predicted octanol–water partition coefficient (Wildman–Crippen LogP) is 7.78. The van der Waals surface area contributed by atoms with E-state index in [0.717, 1.165) is 0 Å². The zero-order valence-electron chi connectivity index (χ0n) is 16.2. The molecular weight excluding hydrogens is 364 g/mol. The molecule has 0 aliphatic rings. The average molecular weight is 382 g/mol. The van der Waals surface area contributed by atoms with Crippen molar-refractivity contribution in [3.8, 4) is 11.1 Å². The lowest BCUT2D eigenvalue weighted by Gasteiger charge is -2.04. The van der Waals surface area contributed by atoms with Crippen molar-refractivity contribution >= 4 is 54.4 Å². The Balaban J connectivity index is 1.47. The molecule has 7 aromatic rings. The van der Waals surface area contributed by atoms with Gasteiger partial charge in [0.1, 0.15) is 0 Å². The number of para-hydroxylation sites is 1. The Kier molecular flexibility index (Phi) is 3.03. The third-order valence-electron chi connectivity index (χ3n) is 6.33. The van der Waals surface area contributed by atoms with E-state index in [1.54, 1.807) is 0 Å². The minimum atomic E-state index is 1.18.